The minimum atomic E-state index is -0.0885. The van der Waals surface area contributed by atoms with Gasteiger partial charge in [-0.25, -0.2) is 0 Å². The fourth-order valence-electron chi connectivity index (χ4n) is 3.34. The summed E-state index contributed by atoms with van der Waals surface area (Å²) < 4.78 is 7.41. The molecule has 1 aromatic heterocycles. The van der Waals surface area contributed by atoms with Crippen molar-refractivity contribution in [2.75, 3.05) is 18.2 Å². The van der Waals surface area contributed by atoms with Crippen LogP contribution in [0.2, 0.25) is 5.02 Å². The minimum Gasteiger partial charge on any atom is -0.496 e. The van der Waals surface area contributed by atoms with Crippen molar-refractivity contribution in [3.63, 3.8) is 0 Å². The Morgan fingerprint density at radius 1 is 1.16 bits per heavy atom. The van der Waals surface area contributed by atoms with Crippen LogP contribution in [0.5, 0.6) is 5.75 Å². The summed E-state index contributed by atoms with van der Waals surface area (Å²) in [6.07, 6.45) is 2.78. The maximum Gasteiger partial charge on any atom is 0.234 e. The molecule has 6 nitrogen and oxygen atoms in total. The van der Waals surface area contributed by atoms with Gasteiger partial charge < -0.3 is 14.6 Å². The molecule has 31 heavy (non-hydrogen) atoms. The van der Waals surface area contributed by atoms with Crippen molar-refractivity contribution in [2.45, 2.75) is 44.8 Å². The number of benzene rings is 2. The van der Waals surface area contributed by atoms with Crippen LogP contribution in [0.4, 0.5) is 5.69 Å². The highest BCUT2D eigenvalue weighted by molar-refractivity contribution is 7.99. The van der Waals surface area contributed by atoms with E-state index in [0.29, 0.717) is 5.02 Å². The highest BCUT2D eigenvalue weighted by Crippen LogP contribution is 2.21. The standard InChI is InChI=1S/C23H27ClN4O2S/c1-4-28-21(7-5-6-17-8-13-20(30-3)16(2)14-17)26-27-23(28)31-15-22(29)25-19-11-9-18(24)10-12-19/h8-14H,4-7,15H2,1-3H3,(H,25,29). The lowest BCUT2D eigenvalue weighted by molar-refractivity contribution is -0.113. The molecule has 0 radical (unpaired) electrons. The van der Waals surface area contributed by atoms with E-state index < -0.39 is 0 Å². The number of hydrogen-bond donors (Lipinski definition) is 1. The zero-order chi connectivity index (χ0) is 22.2. The van der Waals surface area contributed by atoms with E-state index in [1.165, 1.54) is 17.3 Å². The third kappa shape index (κ3) is 6.48. The minimum absolute atomic E-state index is 0.0885. The third-order valence-electron chi connectivity index (χ3n) is 4.90. The lowest BCUT2D eigenvalue weighted by atomic mass is 10.0. The molecule has 1 heterocycles. The van der Waals surface area contributed by atoms with Gasteiger partial charge in [-0.2, -0.15) is 0 Å². The van der Waals surface area contributed by atoms with Gasteiger partial charge in [-0.1, -0.05) is 35.5 Å². The maximum atomic E-state index is 12.2. The lowest BCUT2D eigenvalue weighted by Gasteiger charge is -2.09. The van der Waals surface area contributed by atoms with Crippen molar-refractivity contribution in [1.29, 1.82) is 0 Å². The highest BCUT2D eigenvalue weighted by atomic mass is 35.5. The van der Waals surface area contributed by atoms with E-state index in [1.54, 1.807) is 31.4 Å². The molecule has 3 rings (SSSR count). The number of anilines is 1. The monoisotopic (exact) mass is 458 g/mol. The van der Waals surface area contributed by atoms with Gasteiger partial charge in [0.15, 0.2) is 5.16 Å². The Hall–Kier alpha value is -2.51. The summed E-state index contributed by atoms with van der Waals surface area (Å²) in [6, 6.07) is 13.3. The second-order valence-corrected chi connectivity index (χ2v) is 8.52. The number of aryl methyl sites for hydroxylation is 3. The fourth-order valence-corrected chi connectivity index (χ4v) is 4.28. The average Bonchev–Trinajstić information content (AvgIpc) is 3.16. The second-order valence-electron chi connectivity index (χ2n) is 7.14. The molecular formula is C23H27ClN4O2S. The van der Waals surface area contributed by atoms with Crippen LogP contribution in [-0.2, 0) is 24.2 Å². The molecular weight excluding hydrogens is 432 g/mol. The van der Waals surface area contributed by atoms with Crippen LogP contribution in [-0.4, -0.2) is 33.5 Å². The molecule has 0 aliphatic carbocycles. The van der Waals surface area contributed by atoms with Crippen molar-refractivity contribution < 1.29 is 9.53 Å². The normalized spacial score (nSPS) is 10.8. The molecule has 0 unspecified atom stereocenters. The number of ether oxygens (including phenoxy) is 1. The van der Waals surface area contributed by atoms with Gasteiger partial charge in [0.1, 0.15) is 11.6 Å². The first-order valence-corrected chi connectivity index (χ1v) is 11.6. The number of methoxy groups -OCH3 is 1. The molecule has 0 atom stereocenters. The number of thioether (sulfide) groups is 1. The van der Waals surface area contributed by atoms with Crippen LogP contribution in [0, 0.1) is 6.92 Å². The van der Waals surface area contributed by atoms with Crippen molar-refractivity contribution in [1.82, 2.24) is 14.8 Å². The van der Waals surface area contributed by atoms with Crippen LogP contribution < -0.4 is 10.1 Å². The Morgan fingerprint density at radius 3 is 2.61 bits per heavy atom. The number of carbonyl (C=O) groups excluding carboxylic acids is 1. The lowest BCUT2D eigenvalue weighted by Crippen LogP contribution is -2.14. The third-order valence-corrected chi connectivity index (χ3v) is 6.11. The fraction of sp³-hybridized carbons (Fsp3) is 0.348. The summed E-state index contributed by atoms with van der Waals surface area (Å²) in [5.41, 5.74) is 3.16. The van der Waals surface area contributed by atoms with E-state index >= 15 is 0 Å². The zero-order valence-electron chi connectivity index (χ0n) is 18.0. The van der Waals surface area contributed by atoms with Gasteiger partial charge >= 0.3 is 0 Å². The maximum absolute atomic E-state index is 12.2. The van der Waals surface area contributed by atoms with Gasteiger partial charge in [-0.05, 0) is 68.1 Å². The number of hydrogen-bond acceptors (Lipinski definition) is 5. The van der Waals surface area contributed by atoms with E-state index in [2.05, 4.69) is 46.1 Å². The molecule has 0 aliphatic heterocycles. The first-order valence-electron chi connectivity index (χ1n) is 10.2. The Kier molecular flexibility index (Phi) is 8.37. The van der Waals surface area contributed by atoms with Gasteiger partial charge in [0, 0.05) is 23.7 Å². The quantitative estimate of drug-likeness (QED) is 0.424. The smallest absolute Gasteiger partial charge is 0.234 e. The van der Waals surface area contributed by atoms with Crippen LogP contribution in [0.3, 0.4) is 0 Å². The van der Waals surface area contributed by atoms with Crippen LogP contribution in [0.15, 0.2) is 47.6 Å². The van der Waals surface area contributed by atoms with Crippen molar-refractivity contribution in [2.24, 2.45) is 0 Å². The molecule has 0 saturated heterocycles. The van der Waals surface area contributed by atoms with Gasteiger partial charge in [-0.3, -0.25) is 4.79 Å². The van der Waals surface area contributed by atoms with Crippen LogP contribution >= 0.6 is 23.4 Å². The first-order chi connectivity index (χ1) is 15.0. The predicted molar refractivity (Wildman–Crippen MR) is 126 cm³/mol. The summed E-state index contributed by atoms with van der Waals surface area (Å²) in [5.74, 6) is 2.05. The SMILES string of the molecule is CCn1c(CCCc2ccc(OC)c(C)c2)nnc1SCC(=O)Nc1ccc(Cl)cc1. The molecule has 0 fully saturated rings. The molecule has 0 bridgehead atoms. The van der Waals surface area contributed by atoms with Crippen molar-refractivity contribution >= 4 is 35.0 Å². The number of nitrogens with zero attached hydrogens (tertiary/aromatic N) is 3. The summed E-state index contributed by atoms with van der Waals surface area (Å²) in [4.78, 5) is 12.2. The summed E-state index contributed by atoms with van der Waals surface area (Å²) >= 11 is 7.27. The molecule has 0 aliphatic rings. The van der Waals surface area contributed by atoms with Crippen molar-refractivity contribution in [3.8, 4) is 5.75 Å². The Bertz CT molecular complexity index is 1020. The summed E-state index contributed by atoms with van der Waals surface area (Å²) in [7, 11) is 1.69. The van der Waals surface area contributed by atoms with E-state index in [1.807, 2.05) is 6.07 Å². The second kappa shape index (κ2) is 11.2. The first kappa shape index (κ1) is 23.2. The Balaban J connectivity index is 1.52. The molecule has 2 aromatic carbocycles. The molecule has 3 aromatic rings. The largest absolute Gasteiger partial charge is 0.496 e. The van der Waals surface area contributed by atoms with Crippen LogP contribution in [0.1, 0.15) is 30.3 Å². The van der Waals surface area contributed by atoms with Gasteiger partial charge in [0.2, 0.25) is 5.91 Å². The number of aromatic nitrogens is 3. The zero-order valence-corrected chi connectivity index (χ0v) is 19.6. The topological polar surface area (TPSA) is 69.0 Å². The summed E-state index contributed by atoms with van der Waals surface area (Å²) in [6.45, 7) is 4.89. The number of nitrogens with one attached hydrogen (secondary N) is 1. The number of halogens is 1. The summed E-state index contributed by atoms with van der Waals surface area (Å²) in [5, 5.41) is 12.9. The highest BCUT2D eigenvalue weighted by Gasteiger charge is 2.13. The number of rotatable bonds is 10. The number of amides is 1. The van der Waals surface area contributed by atoms with Crippen LogP contribution in [0.25, 0.3) is 0 Å². The molecule has 0 saturated carbocycles. The Morgan fingerprint density at radius 2 is 1.94 bits per heavy atom. The van der Waals surface area contributed by atoms with Crippen molar-refractivity contribution in [3.05, 3.63) is 64.4 Å². The molecule has 1 N–H and O–H groups in total. The molecule has 1 amide bonds. The van der Waals surface area contributed by atoms with Gasteiger partial charge in [0.25, 0.3) is 0 Å². The average molecular weight is 459 g/mol. The van der Waals surface area contributed by atoms with E-state index in [4.69, 9.17) is 16.3 Å². The van der Waals surface area contributed by atoms with E-state index in [9.17, 15) is 4.79 Å². The van der Waals surface area contributed by atoms with E-state index in [0.717, 1.165) is 53.8 Å². The Labute approximate surface area is 192 Å². The molecule has 164 valence electrons. The molecule has 0 spiro atoms. The van der Waals surface area contributed by atoms with Gasteiger partial charge in [0.05, 0.1) is 12.9 Å². The van der Waals surface area contributed by atoms with E-state index in [-0.39, 0.29) is 11.7 Å². The predicted octanol–water partition coefficient (Wildman–Crippen LogP) is 5.17. The number of carbonyl (C=O) groups is 1. The van der Waals surface area contributed by atoms with Gasteiger partial charge in [-0.15, -0.1) is 10.2 Å². The molecule has 8 heteroatoms.